The van der Waals surface area contributed by atoms with Gasteiger partial charge in [-0.25, -0.2) is 0 Å². The smallest absolute Gasteiger partial charge is 0.276 e. The van der Waals surface area contributed by atoms with Crippen molar-refractivity contribution in [2.45, 2.75) is 20.8 Å². The average Bonchev–Trinajstić information content (AvgIpc) is 2.65. The van der Waals surface area contributed by atoms with Crippen LogP contribution >= 0.6 is 0 Å². The van der Waals surface area contributed by atoms with Crippen LogP contribution in [0.2, 0.25) is 0 Å². The number of aryl methyl sites for hydroxylation is 3. The normalized spacial score (nSPS) is 10.4. The van der Waals surface area contributed by atoms with Gasteiger partial charge in [0.2, 0.25) is 0 Å². The number of hydrogen-bond donors (Lipinski definition) is 2. The van der Waals surface area contributed by atoms with E-state index in [4.69, 9.17) is 4.74 Å². The van der Waals surface area contributed by atoms with E-state index >= 15 is 0 Å². The van der Waals surface area contributed by atoms with Crippen molar-refractivity contribution in [1.82, 2.24) is 10.2 Å². The standard InChI is InChI=1S/C21H22N4O2/c1-13-5-9-19(27-4)18(11-13)23-21(26)17-8-10-20(25-24-17)22-16-7-6-14(2)15(3)12-16/h5-12H,1-4H3,(H,22,25)(H,23,26). The van der Waals surface area contributed by atoms with E-state index in [1.165, 1.54) is 11.1 Å². The molecule has 138 valence electrons. The van der Waals surface area contributed by atoms with Crippen molar-refractivity contribution in [3.8, 4) is 5.75 Å². The molecule has 6 heteroatoms. The summed E-state index contributed by atoms with van der Waals surface area (Å²) in [5.41, 5.74) is 5.19. The van der Waals surface area contributed by atoms with Crippen LogP contribution < -0.4 is 15.4 Å². The zero-order chi connectivity index (χ0) is 19.4. The van der Waals surface area contributed by atoms with E-state index < -0.39 is 0 Å². The van der Waals surface area contributed by atoms with E-state index in [-0.39, 0.29) is 11.6 Å². The first kappa shape index (κ1) is 18.4. The number of methoxy groups -OCH3 is 1. The maximum absolute atomic E-state index is 12.5. The number of benzene rings is 2. The van der Waals surface area contributed by atoms with Crippen molar-refractivity contribution in [3.63, 3.8) is 0 Å². The fourth-order valence-electron chi connectivity index (χ4n) is 2.59. The van der Waals surface area contributed by atoms with E-state index in [1.54, 1.807) is 19.2 Å². The highest BCUT2D eigenvalue weighted by Crippen LogP contribution is 2.25. The van der Waals surface area contributed by atoms with E-state index in [2.05, 4.69) is 34.7 Å². The third kappa shape index (κ3) is 4.41. The summed E-state index contributed by atoms with van der Waals surface area (Å²) in [5.74, 6) is 0.821. The molecule has 0 aliphatic heterocycles. The van der Waals surface area contributed by atoms with Crippen LogP contribution in [0.3, 0.4) is 0 Å². The third-order valence-electron chi connectivity index (χ3n) is 4.28. The minimum Gasteiger partial charge on any atom is -0.495 e. The molecule has 2 N–H and O–H groups in total. The molecule has 0 saturated carbocycles. The Labute approximate surface area is 158 Å². The monoisotopic (exact) mass is 362 g/mol. The molecule has 2 aromatic carbocycles. The van der Waals surface area contributed by atoms with Crippen LogP contribution in [0.25, 0.3) is 0 Å². The molecule has 0 aliphatic carbocycles. The number of ether oxygens (including phenoxy) is 1. The molecule has 0 spiro atoms. The predicted octanol–water partition coefficient (Wildman–Crippen LogP) is 4.41. The van der Waals surface area contributed by atoms with Crippen molar-refractivity contribution < 1.29 is 9.53 Å². The SMILES string of the molecule is COc1ccc(C)cc1NC(=O)c1ccc(Nc2ccc(C)c(C)c2)nn1. The fourth-order valence-corrected chi connectivity index (χ4v) is 2.59. The largest absolute Gasteiger partial charge is 0.495 e. The minimum atomic E-state index is -0.343. The lowest BCUT2D eigenvalue weighted by Crippen LogP contribution is -2.15. The van der Waals surface area contributed by atoms with Crippen molar-refractivity contribution >= 4 is 23.1 Å². The topological polar surface area (TPSA) is 76.1 Å². The molecule has 3 rings (SSSR count). The summed E-state index contributed by atoms with van der Waals surface area (Å²) >= 11 is 0. The van der Waals surface area contributed by atoms with Crippen molar-refractivity contribution in [2.24, 2.45) is 0 Å². The molecular formula is C21H22N4O2. The lowest BCUT2D eigenvalue weighted by Gasteiger charge is -2.11. The number of nitrogens with one attached hydrogen (secondary N) is 2. The second-order valence-electron chi connectivity index (χ2n) is 6.39. The summed E-state index contributed by atoms with van der Waals surface area (Å²) in [5, 5.41) is 14.1. The number of carbonyl (C=O) groups is 1. The molecule has 0 unspecified atom stereocenters. The van der Waals surface area contributed by atoms with E-state index in [1.807, 2.05) is 43.3 Å². The summed E-state index contributed by atoms with van der Waals surface area (Å²) in [7, 11) is 1.56. The average molecular weight is 362 g/mol. The van der Waals surface area contributed by atoms with Crippen LogP contribution in [0.1, 0.15) is 27.2 Å². The van der Waals surface area contributed by atoms with Crippen molar-refractivity contribution in [1.29, 1.82) is 0 Å². The van der Waals surface area contributed by atoms with Gasteiger partial charge in [-0.05, 0) is 73.9 Å². The second-order valence-corrected chi connectivity index (χ2v) is 6.39. The lowest BCUT2D eigenvalue weighted by molar-refractivity contribution is 0.102. The maximum Gasteiger partial charge on any atom is 0.276 e. The van der Waals surface area contributed by atoms with Gasteiger partial charge in [-0.3, -0.25) is 4.79 Å². The third-order valence-corrected chi connectivity index (χ3v) is 4.28. The zero-order valence-corrected chi connectivity index (χ0v) is 15.8. The predicted molar refractivity (Wildman–Crippen MR) is 107 cm³/mol. The lowest BCUT2D eigenvalue weighted by atomic mass is 10.1. The Kier molecular flexibility index (Phi) is 5.35. The van der Waals surface area contributed by atoms with Gasteiger partial charge in [-0.15, -0.1) is 10.2 Å². The molecule has 27 heavy (non-hydrogen) atoms. The number of nitrogens with zero attached hydrogens (tertiary/aromatic N) is 2. The summed E-state index contributed by atoms with van der Waals surface area (Å²) in [6, 6.07) is 15.0. The Hall–Kier alpha value is -3.41. The first-order valence-corrected chi connectivity index (χ1v) is 8.60. The molecule has 6 nitrogen and oxygen atoms in total. The molecule has 0 aliphatic rings. The number of rotatable bonds is 5. The Morgan fingerprint density at radius 2 is 1.74 bits per heavy atom. The second kappa shape index (κ2) is 7.86. The summed E-state index contributed by atoms with van der Waals surface area (Å²) in [6.45, 7) is 6.07. The van der Waals surface area contributed by atoms with Crippen molar-refractivity contribution in [3.05, 3.63) is 70.9 Å². The molecule has 0 radical (unpaired) electrons. The van der Waals surface area contributed by atoms with Gasteiger partial charge >= 0.3 is 0 Å². The highest BCUT2D eigenvalue weighted by atomic mass is 16.5. The quantitative estimate of drug-likeness (QED) is 0.703. The molecule has 0 saturated heterocycles. The van der Waals surface area contributed by atoms with Gasteiger partial charge in [0.25, 0.3) is 5.91 Å². The number of amides is 1. The van der Waals surface area contributed by atoms with Crippen molar-refractivity contribution in [2.75, 3.05) is 17.7 Å². The van der Waals surface area contributed by atoms with Gasteiger partial charge < -0.3 is 15.4 Å². The molecule has 1 heterocycles. The van der Waals surface area contributed by atoms with Crippen LogP contribution in [0, 0.1) is 20.8 Å². The Bertz CT molecular complexity index is 968. The van der Waals surface area contributed by atoms with Gasteiger partial charge in [-0.2, -0.15) is 0 Å². The summed E-state index contributed by atoms with van der Waals surface area (Å²) in [4.78, 5) is 12.5. The van der Waals surface area contributed by atoms with Gasteiger partial charge in [0, 0.05) is 5.69 Å². The highest BCUT2D eigenvalue weighted by Gasteiger charge is 2.12. The van der Waals surface area contributed by atoms with E-state index in [9.17, 15) is 4.79 Å². The molecular weight excluding hydrogens is 340 g/mol. The van der Waals surface area contributed by atoms with Crippen LogP contribution in [-0.4, -0.2) is 23.2 Å². The fraction of sp³-hybridized carbons (Fsp3) is 0.190. The molecule has 0 fully saturated rings. The highest BCUT2D eigenvalue weighted by molar-refractivity contribution is 6.03. The Morgan fingerprint density at radius 1 is 0.926 bits per heavy atom. The maximum atomic E-state index is 12.5. The molecule has 3 aromatic rings. The van der Waals surface area contributed by atoms with E-state index in [0.29, 0.717) is 17.3 Å². The Balaban J connectivity index is 1.72. The van der Waals surface area contributed by atoms with Gasteiger partial charge in [0.05, 0.1) is 12.8 Å². The van der Waals surface area contributed by atoms with Gasteiger partial charge in [0.15, 0.2) is 11.5 Å². The number of aromatic nitrogens is 2. The molecule has 1 amide bonds. The molecule has 0 bridgehead atoms. The molecule has 0 atom stereocenters. The summed E-state index contributed by atoms with van der Waals surface area (Å²) < 4.78 is 5.28. The van der Waals surface area contributed by atoms with Gasteiger partial charge in [-0.1, -0.05) is 12.1 Å². The minimum absolute atomic E-state index is 0.226. The Morgan fingerprint density at radius 3 is 2.41 bits per heavy atom. The first-order valence-electron chi connectivity index (χ1n) is 8.60. The van der Waals surface area contributed by atoms with Gasteiger partial charge in [0.1, 0.15) is 5.75 Å². The summed E-state index contributed by atoms with van der Waals surface area (Å²) in [6.07, 6.45) is 0. The number of carbonyl (C=O) groups excluding carboxylic acids is 1. The van der Waals surface area contributed by atoms with Crippen LogP contribution in [0.4, 0.5) is 17.2 Å². The zero-order valence-electron chi connectivity index (χ0n) is 15.8. The molecule has 1 aromatic heterocycles. The van der Waals surface area contributed by atoms with Crippen LogP contribution in [0.15, 0.2) is 48.5 Å². The number of hydrogen-bond acceptors (Lipinski definition) is 5. The first-order chi connectivity index (χ1) is 13.0. The van der Waals surface area contributed by atoms with Crippen LogP contribution in [0.5, 0.6) is 5.75 Å². The van der Waals surface area contributed by atoms with Crippen LogP contribution in [-0.2, 0) is 0 Å². The number of anilines is 3. The van der Waals surface area contributed by atoms with E-state index in [0.717, 1.165) is 11.3 Å².